The number of nitrogens with zero attached hydrogens (tertiary/aromatic N) is 1. The summed E-state index contributed by atoms with van der Waals surface area (Å²) in [4.78, 5) is 0.952. The molecule has 0 aromatic heterocycles. The van der Waals surface area contributed by atoms with E-state index in [1.165, 1.54) is 24.3 Å². The number of hydrogen-bond donors (Lipinski definition) is 3. The van der Waals surface area contributed by atoms with Crippen molar-refractivity contribution < 1.29 is 23.4 Å². The number of aliphatic hydroxyl groups excluding tert-OH is 2. The van der Waals surface area contributed by atoms with Crippen molar-refractivity contribution in [3.8, 4) is 0 Å². The molecule has 0 fully saturated rings. The number of benzene rings is 1. The van der Waals surface area contributed by atoms with Crippen LogP contribution in [0.2, 0.25) is 5.02 Å². The summed E-state index contributed by atoms with van der Waals surface area (Å²) in [5, 5.41) is 22.2. The number of halogens is 4. The van der Waals surface area contributed by atoms with Crippen LogP contribution in [0.1, 0.15) is 6.92 Å². The summed E-state index contributed by atoms with van der Waals surface area (Å²) in [5.41, 5.74) is -0.00961. The lowest BCUT2D eigenvalue weighted by molar-refractivity contribution is -0.157. The van der Waals surface area contributed by atoms with E-state index in [4.69, 9.17) is 11.6 Å². The zero-order chi connectivity index (χ0) is 15.1. The lowest BCUT2D eigenvalue weighted by Gasteiger charge is -2.39. The van der Waals surface area contributed by atoms with Gasteiger partial charge in [-0.2, -0.15) is 13.2 Å². The Hall–Kier alpha value is -1.44. The van der Waals surface area contributed by atoms with E-state index in [-0.39, 0.29) is 5.57 Å². The second-order valence-electron chi connectivity index (χ2n) is 4.37. The number of hydrogen-bond acceptors (Lipinski definition) is 4. The van der Waals surface area contributed by atoms with Crippen molar-refractivity contribution in [3.63, 3.8) is 0 Å². The maximum Gasteiger partial charge on any atom is 0.407 e. The van der Waals surface area contributed by atoms with Crippen LogP contribution < -0.4 is 10.2 Å². The minimum Gasteiger partial charge on any atom is -0.494 e. The van der Waals surface area contributed by atoms with Crippen molar-refractivity contribution in [2.75, 3.05) is 4.90 Å². The van der Waals surface area contributed by atoms with Gasteiger partial charge in [-0.05, 0) is 31.2 Å². The highest BCUT2D eigenvalue weighted by molar-refractivity contribution is 6.30. The molecule has 2 atom stereocenters. The lowest BCUT2D eigenvalue weighted by Crippen LogP contribution is -2.59. The van der Waals surface area contributed by atoms with Gasteiger partial charge >= 0.3 is 6.18 Å². The van der Waals surface area contributed by atoms with Crippen molar-refractivity contribution in [1.82, 2.24) is 5.32 Å². The third-order valence-electron chi connectivity index (χ3n) is 3.01. The molecule has 110 valence electrons. The average molecular weight is 309 g/mol. The first kappa shape index (κ1) is 15.0. The fraction of sp³-hybridized carbons (Fsp3) is 0.333. The zero-order valence-corrected chi connectivity index (χ0v) is 11.1. The highest BCUT2D eigenvalue weighted by Crippen LogP contribution is 2.33. The van der Waals surface area contributed by atoms with Crippen molar-refractivity contribution >= 4 is 17.3 Å². The summed E-state index contributed by atoms with van der Waals surface area (Å²) in [6.45, 7) is 1.15. The predicted molar refractivity (Wildman–Crippen MR) is 68.2 cm³/mol. The number of anilines is 1. The monoisotopic (exact) mass is 308 g/mol. The summed E-state index contributed by atoms with van der Waals surface area (Å²) in [7, 11) is 0. The molecule has 0 saturated heterocycles. The second kappa shape index (κ2) is 5.16. The van der Waals surface area contributed by atoms with Gasteiger partial charge in [0.1, 0.15) is 6.04 Å². The van der Waals surface area contributed by atoms with Gasteiger partial charge in [-0.1, -0.05) is 11.6 Å². The van der Waals surface area contributed by atoms with Gasteiger partial charge in [-0.25, -0.2) is 0 Å². The minimum absolute atomic E-state index is 0.312. The first-order valence-corrected chi connectivity index (χ1v) is 6.05. The van der Waals surface area contributed by atoms with Crippen LogP contribution in [0.3, 0.4) is 0 Å². The Morgan fingerprint density at radius 3 is 2.30 bits per heavy atom. The van der Waals surface area contributed by atoms with Crippen molar-refractivity contribution in [1.29, 1.82) is 0 Å². The molecule has 8 heteroatoms. The third-order valence-corrected chi connectivity index (χ3v) is 3.26. The summed E-state index contributed by atoms with van der Waals surface area (Å²) < 4.78 is 38.3. The average Bonchev–Trinajstić information content (AvgIpc) is 2.35. The highest BCUT2D eigenvalue weighted by Gasteiger charge is 2.47. The Kier molecular flexibility index (Phi) is 3.86. The van der Waals surface area contributed by atoms with Gasteiger partial charge < -0.3 is 10.2 Å². The van der Waals surface area contributed by atoms with Crippen LogP contribution >= 0.6 is 11.6 Å². The molecule has 1 aromatic carbocycles. The summed E-state index contributed by atoms with van der Waals surface area (Å²) >= 11 is 5.72. The molecule has 0 aliphatic carbocycles. The SMILES string of the molecule is CC1=C(O)N(c2ccc(Cl)cc2)C(O)NC1C(F)(F)F. The molecule has 3 N–H and O–H groups in total. The molecule has 2 unspecified atom stereocenters. The molecule has 0 spiro atoms. The van der Waals surface area contributed by atoms with Crippen molar-refractivity contribution in [2.45, 2.75) is 25.5 Å². The van der Waals surface area contributed by atoms with E-state index in [0.29, 0.717) is 10.7 Å². The Bertz CT molecular complexity index is 530. The molecule has 0 saturated carbocycles. The zero-order valence-electron chi connectivity index (χ0n) is 10.3. The summed E-state index contributed by atoms with van der Waals surface area (Å²) in [6, 6.07) is 3.86. The molecular weight excluding hydrogens is 297 g/mol. The van der Waals surface area contributed by atoms with E-state index in [1.54, 1.807) is 0 Å². The first-order chi connectivity index (χ1) is 9.21. The van der Waals surface area contributed by atoms with E-state index in [2.05, 4.69) is 0 Å². The van der Waals surface area contributed by atoms with E-state index in [1.807, 2.05) is 5.32 Å². The Morgan fingerprint density at radius 2 is 1.80 bits per heavy atom. The number of aliphatic hydroxyl groups is 2. The molecule has 1 aliphatic heterocycles. The van der Waals surface area contributed by atoms with Gasteiger partial charge in [0.2, 0.25) is 0 Å². The number of alkyl halides is 3. The van der Waals surface area contributed by atoms with Crippen LogP contribution in [0, 0.1) is 0 Å². The van der Waals surface area contributed by atoms with E-state index < -0.39 is 24.5 Å². The molecule has 0 bridgehead atoms. The van der Waals surface area contributed by atoms with Crippen molar-refractivity contribution in [2.24, 2.45) is 0 Å². The third kappa shape index (κ3) is 2.70. The standard InChI is InChI=1S/C12H12ClF3N2O2/c1-6-9(12(14,15)16)17-11(20)18(10(6)19)8-4-2-7(13)3-5-8/h2-5,9,11,17,19-20H,1H3. The minimum atomic E-state index is -4.61. The van der Waals surface area contributed by atoms with Crippen LogP contribution in [0.5, 0.6) is 0 Å². The van der Waals surface area contributed by atoms with E-state index >= 15 is 0 Å². The fourth-order valence-corrected chi connectivity index (χ4v) is 2.11. The Morgan fingerprint density at radius 1 is 1.25 bits per heavy atom. The van der Waals surface area contributed by atoms with Gasteiger partial charge in [0.15, 0.2) is 12.2 Å². The smallest absolute Gasteiger partial charge is 0.407 e. The quantitative estimate of drug-likeness (QED) is 0.747. The molecule has 1 aromatic rings. The number of nitrogens with one attached hydrogen (secondary N) is 1. The van der Waals surface area contributed by atoms with Gasteiger partial charge in [0.05, 0.1) is 0 Å². The van der Waals surface area contributed by atoms with Crippen molar-refractivity contribution in [3.05, 3.63) is 40.7 Å². The van der Waals surface area contributed by atoms with Gasteiger partial charge in [0, 0.05) is 16.3 Å². The molecule has 4 nitrogen and oxygen atoms in total. The van der Waals surface area contributed by atoms with Crippen LogP contribution in [0.4, 0.5) is 18.9 Å². The van der Waals surface area contributed by atoms with Gasteiger partial charge in [-0.3, -0.25) is 10.2 Å². The van der Waals surface area contributed by atoms with Crippen LogP contribution in [-0.4, -0.2) is 28.8 Å². The molecule has 20 heavy (non-hydrogen) atoms. The highest BCUT2D eigenvalue weighted by atomic mass is 35.5. The molecular formula is C12H12ClF3N2O2. The Balaban J connectivity index is 2.41. The first-order valence-electron chi connectivity index (χ1n) is 5.67. The lowest BCUT2D eigenvalue weighted by atomic mass is 10.1. The molecule has 1 aliphatic rings. The topological polar surface area (TPSA) is 55.7 Å². The maximum atomic E-state index is 12.8. The summed E-state index contributed by atoms with van der Waals surface area (Å²) in [5.74, 6) is -0.638. The van der Waals surface area contributed by atoms with Crippen LogP contribution in [0.15, 0.2) is 35.7 Å². The van der Waals surface area contributed by atoms with E-state index in [0.717, 1.165) is 11.8 Å². The fourth-order valence-electron chi connectivity index (χ4n) is 1.99. The maximum absolute atomic E-state index is 12.8. The van der Waals surface area contributed by atoms with E-state index in [9.17, 15) is 23.4 Å². The predicted octanol–water partition coefficient (Wildman–Crippen LogP) is 2.75. The Labute approximate surface area is 118 Å². The van der Waals surface area contributed by atoms with Gasteiger partial charge in [-0.15, -0.1) is 0 Å². The molecule has 0 radical (unpaired) electrons. The summed E-state index contributed by atoms with van der Waals surface area (Å²) in [6.07, 6.45) is -6.31. The van der Waals surface area contributed by atoms with Gasteiger partial charge in [0.25, 0.3) is 0 Å². The van der Waals surface area contributed by atoms with Crippen LogP contribution in [0.25, 0.3) is 0 Å². The molecule has 0 amide bonds. The second-order valence-corrected chi connectivity index (χ2v) is 4.80. The van der Waals surface area contributed by atoms with Crippen LogP contribution in [-0.2, 0) is 0 Å². The normalized spacial score (nSPS) is 24.2. The molecule has 2 rings (SSSR count). The number of rotatable bonds is 1. The largest absolute Gasteiger partial charge is 0.494 e. The molecule has 1 heterocycles.